The zero-order chi connectivity index (χ0) is 15.3. The van der Waals surface area contributed by atoms with Gasteiger partial charge in [-0.1, -0.05) is 26.8 Å². The number of urea groups is 1. The van der Waals surface area contributed by atoms with Crippen LogP contribution < -0.4 is 10.6 Å². The van der Waals surface area contributed by atoms with E-state index in [-0.39, 0.29) is 18.5 Å². The van der Waals surface area contributed by atoms with E-state index in [0.717, 1.165) is 6.07 Å². The van der Waals surface area contributed by atoms with Crippen LogP contribution in [0.3, 0.4) is 0 Å². The summed E-state index contributed by atoms with van der Waals surface area (Å²) in [6.45, 7) is 5.89. The number of benzene rings is 1. The Morgan fingerprint density at radius 2 is 2.00 bits per heavy atom. The molecular weight excluding hydrogens is 263 g/mol. The van der Waals surface area contributed by atoms with Crippen molar-refractivity contribution in [2.75, 3.05) is 6.54 Å². The molecular formula is C14H21FN2O3. The number of carbonyl (C=O) groups excluding carboxylic acids is 1. The number of phenols is 1. The number of rotatable bonds is 4. The van der Waals surface area contributed by atoms with Crippen LogP contribution >= 0.6 is 0 Å². The molecule has 0 aliphatic carbocycles. The number of aromatic hydroxyl groups is 1. The second kappa shape index (κ2) is 6.56. The van der Waals surface area contributed by atoms with Crippen molar-refractivity contribution >= 4 is 6.03 Å². The lowest BCUT2D eigenvalue weighted by molar-refractivity contribution is 0.0650. The van der Waals surface area contributed by atoms with Crippen molar-refractivity contribution in [3.8, 4) is 5.75 Å². The summed E-state index contributed by atoms with van der Waals surface area (Å²) < 4.78 is 13.1. The maximum absolute atomic E-state index is 13.1. The van der Waals surface area contributed by atoms with Crippen molar-refractivity contribution < 1.29 is 19.4 Å². The number of amides is 2. The number of hydrogen-bond donors (Lipinski definition) is 4. The van der Waals surface area contributed by atoms with E-state index in [1.807, 2.05) is 20.8 Å². The van der Waals surface area contributed by atoms with Crippen LogP contribution in [0.5, 0.6) is 5.75 Å². The van der Waals surface area contributed by atoms with Gasteiger partial charge in [0.25, 0.3) is 0 Å². The van der Waals surface area contributed by atoms with Crippen LogP contribution in [0.2, 0.25) is 0 Å². The molecule has 5 nitrogen and oxygen atoms in total. The molecule has 0 fully saturated rings. The third kappa shape index (κ3) is 5.05. The van der Waals surface area contributed by atoms with Gasteiger partial charge in [0.1, 0.15) is 0 Å². The highest BCUT2D eigenvalue weighted by atomic mass is 19.1. The summed E-state index contributed by atoms with van der Waals surface area (Å²) in [5, 5.41) is 23.9. The van der Waals surface area contributed by atoms with Crippen molar-refractivity contribution in [1.29, 1.82) is 0 Å². The summed E-state index contributed by atoms with van der Waals surface area (Å²) in [6, 6.07) is 3.46. The highest BCUT2D eigenvalue weighted by Gasteiger charge is 2.22. The van der Waals surface area contributed by atoms with E-state index < -0.39 is 23.7 Å². The lowest BCUT2D eigenvalue weighted by atomic mass is 9.89. The van der Waals surface area contributed by atoms with Gasteiger partial charge in [-0.05, 0) is 23.1 Å². The molecule has 1 unspecified atom stereocenters. The molecule has 0 saturated carbocycles. The van der Waals surface area contributed by atoms with Gasteiger partial charge in [0.2, 0.25) is 0 Å². The fourth-order valence-electron chi connectivity index (χ4n) is 1.40. The number of aliphatic hydroxyl groups is 1. The number of nitrogens with one attached hydrogen (secondary N) is 2. The third-order valence-electron chi connectivity index (χ3n) is 2.92. The lowest BCUT2D eigenvalue weighted by Crippen LogP contribution is -2.43. The Bertz CT molecular complexity index is 472. The van der Waals surface area contributed by atoms with E-state index >= 15 is 0 Å². The molecule has 0 aliphatic rings. The van der Waals surface area contributed by atoms with Crippen LogP contribution in [0.1, 0.15) is 26.3 Å². The van der Waals surface area contributed by atoms with Crippen molar-refractivity contribution in [2.45, 2.75) is 33.4 Å². The van der Waals surface area contributed by atoms with Crippen LogP contribution in [0.25, 0.3) is 0 Å². The Morgan fingerprint density at radius 3 is 2.55 bits per heavy atom. The predicted molar refractivity (Wildman–Crippen MR) is 73.8 cm³/mol. The largest absolute Gasteiger partial charge is 0.505 e. The van der Waals surface area contributed by atoms with Gasteiger partial charge in [-0.25, -0.2) is 9.18 Å². The average Bonchev–Trinajstić information content (AvgIpc) is 2.36. The molecule has 2 amide bonds. The van der Waals surface area contributed by atoms with Gasteiger partial charge in [0.15, 0.2) is 11.6 Å². The molecule has 1 aromatic rings. The number of halogens is 1. The maximum Gasteiger partial charge on any atom is 0.315 e. The Balaban J connectivity index is 2.38. The van der Waals surface area contributed by atoms with Gasteiger partial charge in [-0.15, -0.1) is 0 Å². The average molecular weight is 284 g/mol. The van der Waals surface area contributed by atoms with Crippen LogP contribution in [0.15, 0.2) is 18.2 Å². The molecule has 0 radical (unpaired) electrons. The number of hydrogen-bond acceptors (Lipinski definition) is 3. The Labute approximate surface area is 117 Å². The highest BCUT2D eigenvalue weighted by Crippen LogP contribution is 2.18. The Morgan fingerprint density at radius 1 is 1.35 bits per heavy atom. The van der Waals surface area contributed by atoms with Gasteiger partial charge < -0.3 is 20.8 Å². The molecule has 0 aromatic heterocycles. The van der Waals surface area contributed by atoms with Gasteiger partial charge in [0, 0.05) is 13.1 Å². The van der Waals surface area contributed by atoms with E-state index in [0.29, 0.717) is 5.56 Å². The molecule has 0 saturated heterocycles. The quantitative estimate of drug-likeness (QED) is 0.680. The molecule has 0 spiro atoms. The summed E-state index contributed by atoms with van der Waals surface area (Å²) in [4.78, 5) is 11.5. The SMILES string of the molecule is CC(C)(C)C(O)CNC(=O)NCc1ccc(O)c(F)c1. The smallest absolute Gasteiger partial charge is 0.315 e. The van der Waals surface area contributed by atoms with E-state index in [9.17, 15) is 14.3 Å². The van der Waals surface area contributed by atoms with Crippen LogP contribution in [0, 0.1) is 11.2 Å². The normalized spacial score (nSPS) is 12.8. The minimum atomic E-state index is -0.729. The first-order valence-electron chi connectivity index (χ1n) is 6.37. The number of carbonyl (C=O) groups is 1. The zero-order valence-electron chi connectivity index (χ0n) is 11.9. The highest BCUT2D eigenvalue weighted by molar-refractivity contribution is 5.73. The first-order chi connectivity index (χ1) is 9.20. The molecule has 1 atom stereocenters. The lowest BCUT2D eigenvalue weighted by Gasteiger charge is -2.25. The zero-order valence-corrected chi connectivity index (χ0v) is 11.9. The monoisotopic (exact) mass is 284 g/mol. The summed E-state index contributed by atoms with van der Waals surface area (Å²) in [5.74, 6) is -1.15. The molecule has 112 valence electrons. The molecule has 20 heavy (non-hydrogen) atoms. The molecule has 0 aliphatic heterocycles. The molecule has 4 N–H and O–H groups in total. The third-order valence-corrected chi connectivity index (χ3v) is 2.92. The van der Waals surface area contributed by atoms with Crippen LogP contribution in [0.4, 0.5) is 9.18 Å². The minimum absolute atomic E-state index is 0.134. The number of aliphatic hydroxyl groups excluding tert-OH is 1. The van der Waals surface area contributed by atoms with Crippen molar-refractivity contribution in [3.63, 3.8) is 0 Å². The summed E-state index contributed by atoms with van der Waals surface area (Å²) >= 11 is 0. The minimum Gasteiger partial charge on any atom is -0.505 e. The Kier molecular flexibility index (Phi) is 5.33. The first-order valence-corrected chi connectivity index (χ1v) is 6.37. The van der Waals surface area contributed by atoms with E-state index in [2.05, 4.69) is 10.6 Å². The second-order valence-corrected chi connectivity index (χ2v) is 5.73. The van der Waals surface area contributed by atoms with Gasteiger partial charge >= 0.3 is 6.03 Å². The fourth-order valence-corrected chi connectivity index (χ4v) is 1.40. The Hall–Kier alpha value is -1.82. The van der Waals surface area contributed by atoms with Crippen molar-refractivity contribution in [1.82, 2.24) is 10.6 Å². The molecule has 6 heteroatoms. The summed E-state index contributed by atoms with van der Waals surface area (Å²) in [6.07, 6.45) is -0.653. The molecule has 1 aromatic carbocycles. The predicted octanol–water partition coefficient (Wildman–Crippen LogP) is 1.74. The number of phenolic OH excluding ortho intramolecular Hbond substituents is 1. The van der Waals surface area contributed by atoms with Gasteiger partial charge in [0.05, 0.1) is 6.10 Å². The molecule has 0 heterocycles. The molecule has 0 bridgehead atoms. The summed E-state index contributed by atoms with van der Waals surface area (Å²) in [5.41, 5.74) is 0.222. The first kappa shape index (κ1) is 16.2. The summed E-state index contributed by atoms with van der Waals surface area (Å²) in [7, 11) is 0. The van der Waals surface area contributed by atoms with Crippen molar-refractivity contribution in [2.24, 2.45) is 5.41 Å². The van der Waals surface area contributed by atoms with Crippen LogP contribution in [-0.4, -0.2) is 28.9 Å². The van der Waals surface area contributed by atoms with E-state index in [1.54, 1.807) is 0 Å². The molecule has 1 rings (SSSR count). The fraction of sp³-hybridized carbons (Fsp3) is 0.500. The van der Waals surface area contributed by atoms with Crippen LogP contribution in [-0.2, 0) is 6.54 Å². The second-order valence-electron chi connectivity index (χ2n) is 5.73. The standard InChI is InChI=1S/C14H21FN2O3/c1-14(2,3)12(19)8-17-13(20)16-7-9-4-5-11(18)10(15)6-9/h4-6,12,18-19H,7-8H2,1-3H3,(H2,16,17,20). The van der Waals surface area contributed by atoms with E-state index in [1.165, 1.54) is 12.1 Å². The maximum atomic E-state index is 13.1. The topological polar surface area (TPSA) is 81.6 Å². The van der Waals surface area contributed by atoms with Crippen molar-refractivity contribution in [3.05, 3.63) is 29.6 Å². The van der Waals surface area contributed by atoms with Gasteiger partial charge in [-0.2, -0.15) is 0 Å². The van der Waals surface area contributed by atoms with E-state index in [4.69, 9.17) is 5.11 Å². The van der Waals surface area contributed by atoms with Gasteiger partial charge in [-0.3, -0.25) is 0 Å².